The molecule has 0 aliphatic heterocycles. The minimum atomic E-state index is -1.03. The normalized spacial score (nSPS) is 13.0. The monoisotopic (exact) mass is 510 g/mol. The van der Waals surface area contributed by atoms with Gasteiger partial charge in [0.05, 0.1) is 12.6 Å². The molecule has 3 rings (SSSR count). The van der Waals surface area contributed by atoms with Crippen LogP contribution in [0.4, 0.5) is 10.6 Å². The minimum Gasteiger partial charge on any atom is -0.445 e. The fourth-order valence-corrected chi connectivity index (χ4v) is 3.48. The standard InChI is InChI=1S/C26H34N6O5/c1-6-7-8-18(22(33)23(34)29-20-13-14-27-30-20)28-25(35)36-19(26(3,4)5)15-21-31-32-24(37-21)17-11-9-16(2)10-12-17/h9-14,18-19H,6-8,15H2,1-5H3,(H,28,35)(H2,27,29,30,34)/t18-,19+/m0/s1. The van der Waals surface area contributed by atoms with E-state index < -0.39 is 35.3 Å². The second kappa shape index (κ2) is 12.3. The third-order valence-corrected chi connectivity index (χ3v) is 5.77. The molecule has 0 saturated heterocycles. The number of aromatic amines is 1. The number of alkyl carbamates (subject to hydrolysis) is 1. The van der Waals surface area contributed by atoms with Crippen LogP contribution in [0.3, 0.4) is 0 Å². The molecular formula is C26H34N6O5. The van der Waals surface area contributed by atoms with Gasteiger partial charge in [0.2, 0.25) is 17.6 Å². The highest BCUT2D eigenvalue weighted by Crippen LogP contribution is 2.27. The summed E-state index contributed by atoms with van der Waals surface area (Å²) in [6.45, 7) is 9.69. The maximum atomic E-state index is 12.9. The number of hydrogen-bond donors (Lipinski definition) is 3. The summed E-state index contributed by atoms with van der Waals surface area (Å²) in [5, 5.41) is 19.5. The van der Waals surface area contributed by atoms with Crippen LogP contribution < -0.4 is 10.6 Å². The zero-order valence-electron chi connectivity index (χ0n) is 21.8. The zero-order valence-corrected chi connectivity index (χ0v) is 21.8. The van der Waals surface area contributed by atoms with Gasteiger partial charge in [0.25, 0.3) is 5.91 Å². The first kappa shape index (κ1) is 27.6. The lowest BCUT2D eigenvalue weighted by Gasteiger charge is -2.30. The summed E-state index contributed by atoms with van der Waals surface area (Å²) >= 11 is 0. The van der Waals surface area contributed by atoms with Crippen LogP contribution in [-0.4, -0.2) is 50.3 Å². The van der Waals surface area contributed by atoms with Crippen LogP contribution in [0.1, 0.15) is 58.4 Å². The van der Waals surface area contributed by atoms with Gasteiger partial charge in [-0.25, -0.2) is 4.79 Å². The van der Waals surface area contributed by atoms with Gasteiger partial charge in [0.1, 0.15) is 18.0 Å². The largest absolute Gasteiger partial charge is 0.445 e. The number of aromatic nitrogens is 4. The van der Waals surface area contributed by atoms with Crippen molar-refractivity contribution in [1.82, 2.24) is 25.7 Å². The van der Waals surface area contributed by atoms with Crippen molar-refractivity contribution in [1.29, 1.82) is 0 Å². The number of nitrogens with one attached hydrogen (secondary N) is 3. The predicted molar refractivity (Wildman–Crippen MR) is 137 cm³/mol. The van der Waals surface area contributed by atoms with Gasteiger partial charge >= 0.3 is 6.09 Å². The molecule has 0 aliphatic carbocycles. The molecule has 0 spiro atoms. The quantitative estimate of drug-likeness (QED) is 0.324. The van der Waals surface area contributed by atoms with Crippen LogP contribution in [0.5, 0.6) is 0 Å². The highest BCUT2D eigenvalue weighted by Gasteiger charge is 2.33. The van der Waals surface area contributed by atoms with Crippen molar-refractivity contribution in [3.63, 3.8) is 0 Å². The van der Waals surface area contributed by atoms with Crippen molar-refractivity contribution in [3.8, 4) is 11.5 Å². The molecule has 37 heavy (non-hydrogen) atoms. The Kier molecular flexibility index (Phi) is 9.15. The van der Waals surface area contributed by atoms with Crippen molar-refractivity contribution >= 4 is 23.6 Å². The van der Waals surface area contributed by atoms with Crippen molar-refractivity contribution in [2.75, 3.05) is 5.32 Å². The second-order valence-electron chi connectivity index (χ2n) is 9.96. The van der Waals surface area contributed by atoms with Crippen LogP contribution in [0.2, 0.25) is 0 Å². The van der Waals surface area contributed by atoms with Crippen LogP contribution in [-0.2, 0) is 20.7 Å². The smallest absolute Gasteiger partial charge is 0.408 e. The number of carbonyl (C=O) groups excluding carboxylic acids is 3. The van der Waals surface area contributed by atoms with Crippen LogP contribution in [0, 0.1) is 12.3 Å². The van der Waals surface area contributed by atoms with Gasteiger partial charge in [-0.2, -0.15) is 5.10 Å². The summed E-state index contributed by atoms with van der Waals surface area (Å²) in [5.74, 6) is -0.645. The van der Waals surface area contributed by atoms with E-state index in [9.17, 15) is 14.4 Å². The van der Waals surface area contributed by atoms with Crippen LogP contribution >= 0.6 is 0 Å². The number of hydrogen-bond acceptors (Lipinski definition) is 8. The van der Waals surface area contributed by atoms with E-state index in [4.69, 9.17) is 9.15 Å². The van der Waals surface area contributed by atoms with Crippen molar-refractivity contribution in [2.24, 2.45) is 5.41 Å². The van der Waals surface area contributed by atoms with E-state index in [1.807, 2.05) is 58.9 Å². The summed E-state index contributed by atoms with van der Waals surface area (Å²) in [6.07, 6.45) is 1.91. The topological polar surface area (TPSA) is 152 Å². The predicted octanol–water partition coefficient (Wildman–Crippen LogP) is 4.22. The van der Waals surface area contributed by atoms with E-state index in [-0.39, 0.29) is 12.2 Å². The first-order valence-electron chi connectivity index (χ1n) is 12.3. The summed E-state index contributed by atoms with van der Waals surface area (Å²) < 4.78 is 11.5. The summed E-state index contributed by atoms with van der Waals surface area (Å²) in [7, 11) is 0. The number of H-pyrrole nitrogens is 1. The van der Waals surface area contributed by atoms with E-state index >= 15 is 0 Å². The molecular weight excluding hydrogens is 476 g/mol. The first-order chi connectivity index (χ1) is 17.6. The number of rotatable bonds is 11. The molecule has 3 N–H and O–H groups in total. The van der Waals surface area contributed by atoms with E-state index in [1.54, 1.807) is 0 Å². The molecule has 2 amide bonds. The average Bonchev–Trinajstić information content (AvgIpc) is 3.53. The van der Waals surface area contributed by atoms with Gasteiger partial charge in [-0.05, 0) is 30.9 Å². The molecule has 0 bridgehead atoms. The molecule has 0 saturated carbocycles. The number of unbranched alkanes of at least 4 members (excludes halogenated alkanes) is 1. The molecule has 0 aliphatic rings. The summed E-state index contributed by atoms with van der Waals surface area (Å²) in [5.41, 5.74) is 1.43. The van der Waals surface area contributed by atoms with Gasteiger partial charge < -0.3 is 19.8 Å². The number of aryl methyl sites for hydroxylation is 1. The Morgan fingerprint density at radius 3 is 2.46 bits per heavy atom. The summed E-state index contributed by atoms with van der Waals surface area (Å²) in [6, 6.07) is 8.18. The molecule has 2 heterocycles. The Hall–Kier alpha value is -4.02. The van der Waals surface area contributed by atoms with Crippen molar-refractivity contribution < 1.29 is 23.5 Å². The number of ketones is 1. The zero-order chi connectivity index (χ0) is 27.0. The molecule has 11 heteroatoms. The Balaban J connectivity index is 1.67. The third kappa shape index (κ3) is 7.99. The van der Waals surface area contributed by atoms with Gasteiger partial charge in [-0.3, -0.25) is 14.7 Å². The average molecular weight is 511 g/mol. The number of nitrogens with zero attached hydrogens (tertiary/aromatic N) is 3. The Morgan fingerprint density at radius 2 is 1.84 bits per heavy atom. The molecule has 0 radical (unpaired) electrons. The van der Waals surface area contributed by atoms with Crippen LogP contribution in [0.25, 0.3) is 11.5 Å². The Labute approximate surface area is 215 Å². The lowest BCUT2D eigenvalue weighted by atomic mass is 9.87. The van der Waals surface area contributed by atoms with Gasteiger partial charge in [-0.15, -0.1) is 10.2 Å². The molecule has 11 nitrogen and oxygen atoms in total. The number of carbonyl (C=O) groups is 3. The summed E-state index contributed by atoms with van der Waals surface area (Å²) in [4.78, 5) is 38.1. The number of amides is 2. The van der Waals surface area contributed by atoms with E-state index in [0.29, 0.717) is 24.6 Å². The maximum absolute atomic E-state index is 12.9. The van der Waals surface area contributed by atoms with Gasteiger partial charge in [-0.1, -0.05) is 58.2 Å². The lowest BCUT2D eigenvalue weighted by molar-refractivity contribution is -0.136. The lowest BCUT2D eigenvalue weighted by Crippen LogP contribution is -2.47. The highest BCUT2D eigenvalue weighted by molar-refractivity contribution is 6.42. The Bertz CT molecular complexity index is 1180. The van der Waals surface area contributed by atoms with Crippen molar-refractivity contribution in [3.05, 3.63) is 48.0 Å². The van der Waals surface area contributed by atoms with Crippen molar-refractivity contribution in [2.45, 2.75) is 72.4 Å². The molecule has 3 aromatic rings. The minimum absolute atomic E-state index is 0.184. The molecule has 198 valence electrons. The SMILES string of the molecule is CCCC[C@H](NC(=O)O[C@H](Cc1nnc(-c2ccc(C)cc2)o1)C(C)(C)C)C(=O)C(=O)Nc1ccn[nH]1. The number of Topliss-reactive ketones (excluding diaryl/α,β-unsaturated/α-hetero) is 1. The number of anilines is 1. The van der Waals surface area contributed by atoms with E-state index in [1.165, 1.54) is 12.3 Å². The maximum Gasteiger partial charge on any atom is 0.408 e. The number of benzene rings is 1. The number of ether oxygens (including phenoxy) is 1. The van der Waals surface area contributed by atoms with Crippen LogP contribution in [0.15, 0.2) is 40.9 Å². The molecule has 0 fully saturated rings. The molecule has 2 atom stereocenters. The van der Waals surface area contributed by atoms with E-state index in [0.717, 1.165) is 17.5 Å². The second-order valence-corrected chi connectivity index (χ2v) is 9.96. The first-order valence-corrected chi connectivity index (χ1v) is 12.3. The van der Waals surface area contributed by atoms with E-state index in [2.05, 4.69) is 31.0 Å². The third-order valence-electron chi connectivity index (χ3n) is 5.77. The fraction of sp³-hybridized carbons (Fsp3) is 0.462. The van der Waals surface area contributed by atoms with Gasteiger partial charge in [0, 0.05) is 11.6 Å². The highest BCUT2D eigenvalue weighted by atomic mass is 16.6. The Morgan fingerprint density at radius 1 is 1.11 bits per heavy atom. The molecule has 2 aromatic heterocycles. The molecule has 0 unspecified atom stereocenters. The van der Waals surface area contributed by atoms with Gasteiger partial charge in [0.15, 0.2) is 0 Å². The fourth-order valence-electron chi connectivity index (χ4n) is 3.48. The molecule has 1 aromatic carbocycles.